The summed E-state index contributed by atoms with van der Waals surface area (Å²) in [4.78, 5) is 25.0. The lowest BCUT2D eigenvalue weighted by molar-refractivity contribution is -0.384. The Morgan fingerprint density at radius 2 is 2.00 bits per heavy atom. The molecule has 2 aromatic rings. The molecule has 1 atom stereocenters. The molecule has 2 aromatic carbocycles. The fraction of sp³-hybridized carbons (Fsp3) is 0.350. The molecular weight excluding hydrogens is 398 g/mol. The van der Waals surface area contributed by atoms with Crippen molar-refractivity contribution < 1.29 is 19.2 Å². The van der Waals surface area contributed by atoms with Gasteiger partial charge in [-0.3, -0.25) is 19.8 Å². The molecule has 0 bridgehead atoms. The molecule has 0 aliphatic carbocycles. The topological polar surface area (TPSA) is 93.9 Å². The number of rotatable bonds is 5. The van der Waals surface area contributed by atoms with Crippen LogP contribution in [0.3, 0.4) is 0 Å². The van der Waals surface area contributed by atoms with E-state index in [1.54, 1.807) is 0 Å². The van der Waals surface area contributed by atoms with Crippen molar-refractivity contribution in [3.05, 3.63) is 57.1 Å². The second-order valence-corrected chi connectivity index (χ2v) is 7.41. The van der Waals surface area contributed by atoms with Crippen molar-refractivity contribution in [2.24, 2.45) is 0 Å². The van der Waals surface area contributed by atoms with Gasteiger partial charge in [0.1, 0.15) is 13.2 Å². The highest BCUT2D eigenvalue weighted by molar-refractivity contribution is 6.34. The number of hydrogen-bond donors (Lipinski definition) is 1. The van der Waals surface area contributed by atoms with Gasteiger partial charge in [0.15, 0.2) is 11.5 Å². The van der Waals surface area contributed by atoms with Crippen molar-refractivity contribution in [1.29, 1.82) is 0 Å². The molecule has 2 aliphatic rings. The van der Waals surface area contributed by atoms with E-state index >= 15 is 0 Å². The molecule has 1 saturated heterocycles. The van der Waals surface area contributed by atoms with Gasteiger partial charge in [-0.1, -0.05) is 17.7 Å². The smallest absolute Gasteiger partial charge is 0.271 e. The van der Waals surface area contributed by atoms with Crippen LogP contribution < -0.4 is 14.8 Å². The maximum atomic E-state index is 12.6. The highest BCUT2D eigenvalue weighted by Gasteiger charge is 2.29. The van der Waals surface area contributed by atoms with Crippen molar-refractivity contribution in [2.45, 2.75) is 18.9 Å². The molecule has 4 rings (SSSR count). The van der Waals surface area contributed by atoms with Gasteiger partial charge in [0, 0.05) is 18.2 Å². The quantitative estimate of drug-likeness (QED) is 0.587. The summed E-state index contributed by atoms with van der Waals surface area (Å²) in [5.74, 6) is 1.27. The van der Waals surface area contributed by atoms with E-state index in [1.165, 1.54) is 18.2 Å². The molecule has 9 heteroatoms. The summed E-state index contributed by atoms with van der Waals surface area (Å²) in [5, 5.41) is 13.7. The summed E-state index contributed by atoms with van der Waals surface area (Å²) in [6, 6.07) is 10.0. The lowest BCUT2D eigenvalue weighted by Crippen LogP contribution is -2.33. The first-order chi connectivity index (χ1) is 14.0. The average Bonchev–Trinajstić information content (AvgIpc) is 3.17. The molecule has 0 unspecified atom stereocenters. The van der Waals surface area contributed by atoms with Gasteiger partial charge < -0.3 is 14.8 Å². The Balaban J connectivity index is 1.43. The molecule has 0 aromatic heterocycles. The van der Waals surface area contributed by atoms with Crippen LogP contribution in [0.25, 0.3) is 0 Å². The van der Waals surface area contributed by atoms with E-state index < -0.39 is 4.92 Å². The zero-order valence-corrected chi connectivity index (χ0v) is 16.4. The first-order valence-electron chi connectivity index (χ1n) is 9.38. The van der Waals surface area contributed by atoms with Crippen molar-refractivity contribution in [2.75, 3.05) is 31.6 Å². The second kappa shape index (κ2) is 8.26. The first-order valence-corrected chi connectivity index (χ1v) is 9.76. The van der Waals surface area contributed by atoms with Crippen LogP contribution >= 0.6 is 11.6 Å². The second-order valence-electron chi connectivity index (χ2n) is 7.00. The van der Waals surface area contributed by atoms with Gasteiger partial charge in [-0.15, -0.1) is 0 Å². The summed E-state index contributed by atoms with van der Waals surface area (Å²) in [6.45, 7) is 2.09. The number of benzene rings is 2. The van der Waals surface area contributed by atoms with Gasteiger partial charge >= 0.3 is 0 Å². The fourth-order valence-corrected chi connectivity index (χ4v) is 3.98. The average molecular weight is 418 g/mol. The number of nitro benzene ring substituents is 1. The van der Waals surface area contributed by atoms with Crippen LogP contribution in [0.4, 0.5) is 11.4 Å². The number of nitro groups is 1. The largest absolute Gasteiger partial charge is 0.486 e. The van der Waals surface area contributed by atoms with Gasteiger partial charge in [-0.2, -0.15) is 0 Å². The number of carbonyl (C=O) groups is 1. The third-order valence-corrected chi connectivity index (χ3v) is 5.41. The van der Waals surface area contributed by atoms with E-state index in [1.807, 2.05) is 18.2 Å². The lowest BCUT2D eigenvalue weighted by atomic mass is 10.0. The zero-order chi connectivity index (χ0) is 20.4. The lowest BCUT2D eigenvalue weighted by Gasteiger charge is -2.26. The minimum Gasteiger partial charge on any atom is -0.486 e. The fourth-order valence-electron chi connectivity index (χ4n) is 3.75. The van der Waals surface area contributed by atoms with Gasteiger partial charge in [0.2, 0.25) is 5.91 Å². The number of anilines is 1. The summed E-state index contributed by atoms with van der Waals surface area (Å²) in [5.41, 5.74) is 1.33. The van der Waals surface area contributed by atoms with Crippen LogP contribution in [-0.4, -0.2) is 42.0 Å². The molecule has 0 spiro atoms. The maximum Gasteiger partial charge on any atom is 0.271 e. The van der Waals surface area contributed by atoms with E-state index in [0.717, 1.165) is 36.4 Å². The highest BCUT2D eigenvalue weighted by Crippen LogP contribution is 2.38. The summed E-state index contributed by atoms with van der Waals surface area (Å²) >= 11 is 6.07. The zero-order valence-electron chi connectivity index (χ0n) is 15.6. The predicted molar refractivity (Wildman–Crippen MR) is 108 cm³/mol. The Kier molecular flexibility index (Phi) is 5.55. The highest BCUT2D eigenvalue weighted by atomic mass is 35.5. The number of hydrogen-bond acceptors (Lipinski definition) is 6. The van der Waals surface area contributed by atoms with Crippen LogP contribution in [0.15, 0.2) is 36.4 Å². The minimum atomic E-state index is -0.528. The molecule has 0 radical (unpaired) electrons. The number of nitrogens with one attached hydrogen (secondary N) is 1. The van der Waals surface area contributed by atoms with Crippen LogP contribution in [-0.2, 0) is 4.79 Å². The van der Waals surface area contributed by atoms with E-state index in [0.29, 0.717) is 18.9 Å². The van der Waals surface area contributed by atoms with Crippen molar-refractivity contribution >= 4 is 28.9 Å². The normalized spacial score (nSPS) is 18.4. The third kappa shape index (κ3) is 4.28. The standard InChI is InChI=1S/C20H20ClN3O5/c21-15-11-14(24(26)27)4-5-16(15)22-20(25)12-23-7-1-2-17(23)13-3-6-18-19(10-13)29-9-8-28-18/h3-6,10-11,17H,1-2,7-9,12H2,(H,22,25)/t17-/m1/s1. The van der Waals surface area contributed by atoms with Gasteiger partial charge in [0.25, 0.3) is 5.69 Å². The molecule has 1 fully saturated rings. The Morgan fingerprint density at radius 3 is 2.76 bits per heavy atom. The molecular formula is C20H20ClN3O5. The van der Waals surface area contributed by atoms with Crippen molar-refractivity contribution in [1.82, 2.24) is 4.90 Å². The molecule has 2 heterocycles. The molecule has 152 valence electrons. The number of ether oxygens (including phenoxy) is 2. The van der Waals surface area contributed by atoms with E-state index in [9.17, 15) is 14.9 Å². The Labute approximate surface area is 172 Å². The molecule has 0 saturated carbocycles. The number of amides is 1. The van der Waals surface area contributed by atoms with Crippen LogP contribution in [0, 0.1) is 10.1 Å². The Bertz CT molecular complexity index is 952. The minimum absolute atomic E-state index is 0.115. The molecule has 2 aliphatic heterocycles. The first kappa shape index (κ1) is 19.5. The molecule has 8 nitrogen and oxygen atoms in total. The third-order valence-electron chi connectivity index (χ3n) is 5.10. The van der Waals surface area contributed by atoms with Crippen molar-refractivity contribution in [3.8, 4) is 11.5 Å². The van der Waals surface area contributed by atoms with Gasteiger partial charge in [0.05, 0.1) is 22.2 Å². The van der Waals surface area contributed by atoms with Gasteiger partial charge in [-0.25, -0.2) is 0 Å². The number of fused-ring (bicyclic) bond motifs is 1. The molecule has 29 heavy (non-hydrogen) atoms. The van der Waals surface area contributed by atoms with Crippen LogP contribution in [0.2, 0.25) is 5.02 Å². The summed E-state index contributed by atoms with van der Waals surface area (Å²) in [6.07, 6.45) is 1.94. The number of carbonyl (C=O) groups excluding carboxylic acids is 1. The number of nitrogens with zero attached hydrogens (tertiary/aromatic N) is 2. The Morgan fingerprint density at radius 1 is 1.21 bits per heavy atom. The van der Waals surface area contributed by atoms with Crippen molar-refractivity contribution in [3.63, 3.8) is 0 Å². The molecule has 1 N–H and O–H groups in total. The summed E-state index contributed by atoms with van der Waals surface area (Å²) in [7, 11) is 0. The maximum absolute atomic E-state index is 12.6. The molecule has 1 amide bonds. The Hall–Kier alpha value is -2.84. The van der Waals surface area contributed by atoms with E-state index in [4.69, 9.17) is 21.1 Å². The van der Waals surface area contributed by atoms with Gasteiger partial charge in [-0.05, 0) is 43.1 Å². The van der Waals surface area contributed by atoms with Crippen LogP contribution in [0.5, 0.6) is 11.5 Å². The predicted octanol–water partition coefficient (Wildman–Crippen LogP) is 3.80. The summed E-state index contributed by atoms with van der Waals surface area (Å²) < 4.78 is 11.2. The monoisotopic (exact) mass is 417 g/mol. The number of non-ortho nitro benzene ring substituents is 1. The van der Waals surface area contributed by atoms with Crippen LogP contribution in [0.1, 0.15) is 24.4 Å². The SMILES string of the molecule is O=C(CN1CCC[C@@H]1c1ccc2c(c1)OCCO2)Nc1ccc([N+](=O)[O-])cc1Cl. The van der Waals surface area contributed by atoms with E-state index in [-0.39, 0.29) is 29.2 Å². The van der Waals surface area contributed by atoms with E-state index in [2.05, 4.69) is 10.2 Å². The number of likely N-dealkylation sites (tertiary alicyclic amines) is 1. The number of halogens is 1.